The van der Waals surface area contributed by atoms with Crippen LogP contribution in [0.3, 0.4) is 0 Å². The first-order valence-corrected chi connectivity index (χ1v) is 8.08. The molecule has 0 aromatic carbocycles. The third kappa shape index (κ3) is 1.98. The normalized spacial score (nSPS) is 43.5. The molecule has 2 aliphatic carbocycles. The lowest BCUT2D eigenvalue weighted by atomic mass is 9.57. The van der Waals surface area contributed by atoms with Gasteiger partial charge in [-0.1, -0.05) is 19.1 Å². The topological polar surface area (TPSA) is 38.7 Å². The van der Waals surface area contributed by atoms with Gasteiger partial charge in [-0.25, -0.2) is 0 Å². The molecule has 1 saturated heterocycles. The van der Waals surface area contributed by atoms with Crippen LogP contribution in [0.15, 0.2) is 12.2 Å². The van der Waals surface area contributed by atoms with Gasteiger partial charge in [-0.05, 0) is 49.9 Å². The zero-order chi connectivity index (χ0) is 14.4. The molecule has 3 aliphatic rings. The van der Waals surface area contributed by atoms with Crippen molar-refractivity contribution in [3.05, 3.63) is 12.2 Å². The Balaban J connectivity index is 1.89. The number of hydrogen-bond acceptors (Lipinski definition) is 3. The molecular weight excluding hydrogens is 252 g/mol. The van der Waals surface area contributed by atoms with Gasteiger partial charge >= 0.3 is 0 Å². The highest BCUT2D eigenvalue weighted by atomic mass is 16.7. The minimum absolute atomic E-state index is 0.168. The maximum absolute atomic E-state index is 9.89. The molecule has 1 heterocycles. The molecule has 3 heteroatoms. The van der Waals surface area contributed by atoms with Gasteiger partial charge in [0.15, 0.2) is 5.79 Å². The Morgan fingerprint density at radius 1 is 1.25 bits per heavy atom. The maximum atomic E-state index is 9.89. The second-order valence-electron chi connectivity index (χ2n) is 7.17. The molecule has 3 rings (SSSR count). The fourth-order valence-electron chi connectivity index (χ4n) is 5.09. The van der Waals surface area contributed by atoms with Crippen LogP contribution < -0.4 is 0 Å². The largest absolute Gasteiger partial charge is 0.396 e. The molecule has 0 radical (unpaired) electrons. The highest BCUT2D eigenvalue weighted by molar-refractivity contribution is 5.10. The van der Waals surface area contributed by atoms with E-state index < -0.39 is 0 Å². The molecule has 0 amide bonds. The zero-order valence-corrected chi connectivity index (χ0v) is 12.9. The third-order valence-electron chi connectivity index (χ3n) is 6.46. The molecule has 2 spiro atoms. The fraction of sp³-hybridized carbons (Fsp3) is 0.882. The first-order chi connectivity index (χ1) is 9.54. The molecule has 0 bridgehead atoms. The van der Waals surface area contributed by atoms with E-state index in [2.05, 4.69) is 20.4 Å². The van der Waals surface area contributed by atoms with Crippen molar-refractivity contribution in [3.8, 4) is 0 Å². The van der Waals surface area contributed by atoms with Gasteiger partial charge < -0.3 is 14.6 Å². The SMILES string of the molecule is C=C(C)[C@H]1CC[C@H](CO)[C@]2(CCC3(OCCO3)[C@@H]2C)C1. The summed E-state index contributed by atoms with van der Waals surface area (Å²) in [5.41, 5.74) is 1.46. The van der Waals surface area contributed by atoms with E-state index in [4.69, 9.17) is 9.47 Å². The van der Waals surface area contributed by atoms with Crippen molar-refractivity contribution >= 4 is 0 Å². The Kier molecular flexibility index (Phi) is 3.72. The average Bonchev–Trinajstić information content (AvgIpc) is 3.02. The molecule has 0 aromatic rings. The van der Waals surface area contributed by atoms with Crippen LogP contribution in [-0.4, -0.2) is 30.7 Å². The second kappa shape index (κ2) is 5.11. The van der Waals surface area contributed by atoms with Gasteiger partial charge in [-0.2, -0.15) is 0 Å². The monoisotopic (exact) mass is 280 g/mol. The first kappa shape index (κ1) is 14.6. The fourth-order valence-corrected chi connectivity index (χ4v) is 5.09. The van der Waals surface area contributed by atoms with E-state index in [0.717, 1.165) is 25.7 Å². The van der Waals surface area contributed by atoms with Crippen LogP contribution in [0.2, 0.25) is 0 Å². The van der Waals surface area contributed by atoms with Crippen molar-refractivity contribution in [3.63, 3.8) is 0 Å². The highest BCUT2D eigenvalue weighted by Gasteiger charge is 2.61. The molecule has 3 nitrogen and oxygen atoms in total. The molecule has 0 unspecified atom stereocenters. The van der Waals surface area contributed by atoms with Crippen molar-refractivity contribution in [1.82, 2.24) is 0 Å². The number of aliphatic hydroxyl groups excluding tert-OH is 1. The standard InChI is InChI=1S/C17H28O3/c1-12(2)14-4-5-15(11-18)16(10-14)6-7-17(13(16)3)19-8-9-20-17/h13-15,18H,1,4-11H2,2-3H3/t13-,14+,15-,16-/m1/s1. The van der Waals surface area contributed by atoms with Crippen LogP contribution in [0.1, 0.15) is 46.0 Å². The highest BCUT2D eigenvalue weighted by Crippen LogP contribution is 2.62. The van der Waals surface area contributed by atoms with E-state index >= 15 is 0 Å². The summed E-state index contributed by atoms with van der Waals surface area (Å²) >= 11 is 0. The summed E-state index contributed by atoms with van der Waals surface area (Å²) in [6.45, 7) is 10.3. The van der Waals surface area contributed by atoms with Crippen LogP contribution >= 0.6 is 0 Å². The Morgan fingerprint density at radius 3 is 2.55 bits per heavy atom. The minimum atomic E-state index is -0.371. The quantitative estimate of drug-likeness (QED) is 0.790. The van der Waals surface area contributed by atoms with Crippen molar-refractivity contribution in [2.75, 3.05) is 19.8 Å². The summed E-state index contributed by atoms with van der Waals surface area (Å²) in [4.78, 5) is 0. The number of ether oxygens (including phenoxy) is 2. The number of aliphatic hydroxyl groups is 1. The molecule has 20 heavy (non-hydrogen) atoms. The van der Waals surface area contributed by atoms with Gasteiger partial charge in [-0.15, -0.1) is 0 Å². The minimum Gasteiger partial charge on any atom is -0.396 e. The van der Waals surface area contributed by atoms with Crippen LogP contribution in [0.4, 0.5) is 0 Å². The van der Waals surface area contributed by atoms with E-state index in [1.165, 1.54) is 12.0 Å². The van der Waals surface area contributed by atoms with Gasteiger partial charge in [0.05, 0.1) is 13.2 Å². The van der Waals surface area contributed by atoms with Gasteiger partial charge in [0.25, 0.3) is 0 Å². The summed E-state index contributed by atoms with van der Waals surface area (Å²) in [6.07, 6.45) is 5.51. The molecule has 3 fully saturated rings. The molecule has 114 valence electrons. The predicted octanol–water partition coefficient (Wildman–Crippen LogP) is 3.13. The summed E-state index contributed by atoms with van der Waals surface area (Å²) < 4.78 is 12.0. The molecule has 1 N–H and O–H groups in total. The summed E-state index contributed by atoms with van der Waals surface area (Å²) in [5.74, 6) is 0.971. The van der Waals surface area contributed by atoms with E-state index in [1.807, 2.05) is 0 Å². The van der Waals surface area contributed by atoms with Gasteiger partial charge in [0.1, 0.15) is 0 Å². The van der Waals surface area contributed by atoms with Crippen LogP contribution in [0.5, 0.6) is 0 Å². The maximum Gasteiger partial charge on any atom is 0.171 e. The Hall–Kier alpha value is -0.380. The molecular formula is C17H28O3. The van der Waals surface area contributed by atoms with Crippen molar-refractivity contribution in [1.29, 1.82) is 0 Å². The van der Waals surface area contributed by atoms with E-state index in [0.29, 0.717) is 37.6 Å². The van der Waals surface area contributed by atoms with Gasteiger partial charge in [0.2, 0.25) is 0 Å². The molecule has 2 saturated carbocycles. The van der Waals surface area contributed by atoms with Gasteiger partial charge in [-0.3, -0.25) is 0 Å². The predicted molar refractivity (Wildman–Crippen MR) is 78.2 cm³/mol. The van der Waals surface area contributed by atoms with Crippen molar-refractivity contribution < 1.29 is 14.6 Å². The van der Waals surface area contributed by atoms with E-state index in [1.54, 1.807) is 0 Å². The van der Waals surface area contributed by atoms with Gasteiger partial charge in [0, 0.05) is 18.9 Å². The summed E-state index contributed by atoms with van der Waals surface area (Å²) in [7, 11) is 0. The summed E-state index contributed by atoms with van der Waals surface area (Å²) in [5, 5.41) is 9.89. The Labute approximate surface area is 122 Å². The second-order valence-corrected chi connectivity index (χ2v) is 7.17. The molecule has 1 aliphatic heterocycles. The van der Waals surface area contributed by atoms with Crippen LogP contribution in [0, 0.1) is 23.2 Å². The van der Waals surface area contributed by atoms with Crippen LogP contribution in [0.25, 0.3) is 0 Å². The lowest BCUT2D eigenvalue weighted by Crippen LogP contribution is -2.47. The van der Waals surface area contributed by atoms with Crippen molar-refractivity contribution in [2.45, 2.75) is 51.7 Å². The lowest BCUT2D eigenvalue weighted by molar-refractivity contribution is -0.198. The van der Waals surface area contributed by atoms with Crippen LogP contribution in [-0.2, 0) is 9.47 Å². The van der Waals surface area contributed by atoms with E-state index in [-0.39, 0.29) is 11.2 Å². The number of rotatable bonds is 2. The summed E-state index contributed by atoms with van der Waals surface area (Å²) in [6, 6.07) is 0. The molecule has 0 aromatic heterocycles. The number of allylic oxidation sites excluding steroid dienone is 1. The van der Waals surface area contributed by atoms with E-state index in [9.17, 15) is 5.11 Å². The molecule has 4 atom stereocenters. The Bertz CT molecular complexity index is 386. The Morgan fingerprint density at radius 2 is 1.95 bits per heavy atom. The third-order valence-corrected chi connectivity index (χ3v) is 6.46. The lowest BCUT2D eigenvalue weighted by Gasteiger charge is -2.49. The van der Waals surface area contributed by atoms with Crippen molar-refractivity contribution in [2.24, 2.45) is 23.2 Å². The zero-order valence-electron chi connectivity index (χ0n) is 12.9. The smallest absolute Gasteiger partial charge is 0.171 e. The average molecular weight is 280 g/mol. The number of hydrogen-bond donors (Lipinski definition) is 1. The first-order valence-electron chi connectivity index (χ1n) is 8.08.